The Bertz CT molecular complexity index is 358. The molecule has 0 aliphatic carbocycles. The topological polar surface area (TPSA) is 44.5 Å². The van der Waals surface area contributed by atoms with Gasteiger partial charge in [-0.25, -0.2) is 0 Å². The Kier molecular flexibility index (Phi) is 3.47. The van der Waals surface area contributed by atoms with Gasteiger partial charge in [-0.2, -0.15) is 0 Å². The van der Waals surface area contributed by atoms with E-state index < -0.39 is 5.54 Å². The van der Waals surface area contributed by atoms with E-state index >= 15 is 0 Å². The lowest BCUT2D eigenvalue weighted by Gasteiger charge is -2.24. The SMILES string of the molecule is COc1ccc(OC)c(C(C)(C)N)c1Cl. The molecule has 0 atom stereocenters. The number of ether oxygens (including phenoxy) is 2. The Morgan fingerprint density at radius 3 is 2.00 bits per heavy atom. The number of methoxy groups -OCH3 is 2. The second-order valence-corrected chi connectivity index (χ2v) is 4.26. The first-order valence-electron chi connectivity index (χ1n) is 4.61. The lowest BCUT2D eigenvalue weighted by molar-refractivity contribution is 0.385. The van der Waals surface area contributed by atoms with Gasteiger partial charge in [-0.15, -0.1) is 0 Å². The first-order chi connectivity index (χ1) is 6.91. The summed E-state index contributed by atoms with van der Waals surface area (Å²) in [6, 6.07) is 3.56. The van der Waals surface area contributed by atoms with Crippen molar-refractivity contribution in [2.24, 2.45) is 5.73 Å². The van der Waals surface area contributed by atoms with Crippen molar-refractivity contribution in [2.75, 3.05) is 14.2 Å². The van der Waals surface area contributed by atoms with E-state index in [0.717, 1.165) is 5.56 Å². The van der Waals surface area contributed by atoms with E-state index in [0.29, 0.717) is 16.5 Å². The number of hydrogen-bond acceptors (Lipinski definition) is 3. The van der Waals surface area contributed by atoms with Crippen LogP contribution in [-0.4, -0.2) is 14.2 Å². The maximum atomic E-state index is 6.19. The lowest BCUT2D eigenvalue weighted by atomic mass is 9.94. The van der Waals surface area contributed by atoms with Crippen molar-refractivity contribution in [1.29, 1.82) is 0 Å². The van der Waals surface area contributed by atoms with Gasteiger partial charge in [-0.05, 0) is 26.0 Å². The Hall–Kier alpha value is -0.930. The third kappa shape index (κ3) is 2.36. The molecule has 0 saturated carbocycles. The van der Waals surface area contributed by atoms with E-state index in [4.69, 9.17) is 26.8 Å². The van der Waals surface area contributed by atoms with Crippen LogP contribution in [0.1, 0.15) is 19.4 Å². The summed E-state index contributed by atoms with van der Waals surface area (Å²) in [6.07, 6.45) is 0. The first-order valence-corrected chi connectivity index (χ1v) is 4.99. The van der Waals surface area contributed by atoms with Crippen LogP contribution in [-0.2, 0) is 5.54 Å². The smallest absolute Gasteiger partial charge is 0.138 e. The molecule has 15 heavy (non-hydrogen) atoms. The summed E-state index contributed by atoms with van der Waals surface area (Å²) in [5.41, 5.74) is 6.22. The molecule has 0 aliphatic rings. The second kappa shape index (κ2) is 4.29. The van der Waals surface area contributed by atoms with E-state index in [1.165, 1.54) is 0 Å². The van der Waals surface area contributed by atoms with E-state index in [1.54, 1.807) is 26.4 Å². The molecule has 0 radical (unpaired) electrons. The zero-order valence-electron chi connectivity index (χ0n) is 9.43. The Labute approximate surface area is 95.1 Å². The highest BCUT2D eigenvalue weighted by atomic mass is 35.5. The molecule has 2 N–H and O–H groups in total. The number of nitrogens with two attached hydrogens (primary N) is 1. The van der Waals surface area contributed by atoms with Crippen molar-refractivity contribution in [1.82, 2.24) is 0 Å². The van der Waals surface area contributed by atoms with E-state index in [-0.39, 0.29) is 0 Å². The molecule has 4 heteroatoms. The van der Waals surface area contributed by atoms with Crippen LogP contribution >= 0.6 is 11.6 Å². The zero-order valence-corrected chi connectivity index (χ0v) is 10.2. The average Bonchev–Trinajstić information content (AvgIpc) is 2.15. The molecule has 0 amide bonds. The zero-order chi connectivity index (χ0) is 11.6. The van der Waals surface area contributed by atoms with Crippen LogP contribution in [0.4, 0.5) is 0 Å². The molecule has 1 rings (SSSR count). The molecule has 3 nitrogen and oxygen atoms in total. The summed E-state index contributed by atoms with van der Waals surface area (Å²) in [4.78, 5) is 0. The van der Waals surface area contributed by atoms with Gasteiger partial charge in [0.2, 0.25) is 0 Å². The fourth-order valence-corrected chi connectivity index (χ4v) is 1.94. The third-order valence-corrected chi connectivity index (χ3v) is 2.53. The van der Waals surface area contributed by atoms with Crippen molar-refractivity contribution in [3.63, 3.8) is 0 Å². The molecule has 0 bridgehead atoms. The summed E-state index contributed by atoms with van der Waals surface area (Å²) in [5.74, 6) is 1.28. The van der Waals surface area contributed by atoms with Gasteiger partial charge in [0.1, 0.15) is 11.5 Å². The van der Waals surface area contributed by atoms with E-state index in [9.17, 15) is 0 Å². The summed E-state index contributed by atoms with van der Waals surface area (Å²) >= 11 is 6.19. The van der Waals surface area contributed by atoms with Crippen molar-refractivity contribution in [2.45, 2.75) is 19.4 Å². The maximum Gasteiger partial charge on any atom is 0.138 e. The molecule has 0 spiro atoms. The predicted octanol–water partition coefficient (Wildman–Crippen LogP) is 2.55. The molecule has 0 aromatic heterocycles. The lowest BCUT2D eigenvalue weighted by Crippen LogP contribution is -2.29. The maximum absolute atomic E-state index is 6.19. The number of hydrogen-bond donors (Lipinski definition) is 1. The van der Waals surface area contributed by atoms with Crippen molar-refractivity contribution in [3.8, 4) is 11.5 Å². The molecule has 84 valence electrons. The summed E-state index contributed by atoms with van der Waals surface area (Å²) in [7, 11) is 3.16. The highest BCUT2D eigenvalue weighted by Crippen LogP contribution is 2.39. The van der Waals surface area contributed by atoms with Crippen LogP contribution in [0.5, 0.6) is 11.5 Å². The van der Waals surface area contributed by atoms with Gasteiger partial charge in [0.15, 0.2) is 0 Å². The summed E-state index contributed by atoms with van der Waals surface area (Å²) in [6.45, 7) is 3.74. The minimum absolute atomic E-state index is 0.504. The van der Waals surface area contributed by atoms with Crippen LogP contribution in [0.25, 0.3) is 0 Å². The first kappa shape index (κ1) is 12.1. The molecular weight excluding hydrogens is 214 g/mol. The second-order valence-electron chi connectivity index (χ2n) is 3.88. The van der Waals surface area contributed by atoms with Crippen LogP contribution in [0, 0.1) is 0 Å². The number of rotatable bonds is 3. The highest BCUT2D eigenvalue weighted by molar-refractivity contribution is 6.33. The molecule has 1 aromatic carbocycles. The van der Waals surface area contributed by atoms with Gasteiger partial charge in [0.05, 0.1) is 19.2 Å². The normalized spacial score (nSPS) is 11.3. The van der Waals surface area contributed by atoms with Crippen molar-refractivity contribution >= 4 is 11.6 Å². The third-order valence-electron chi connectivity index (χ3n) is 2.15. The van der Waals surface area contributed by atoms with Crippen LogP contribution < -0.4 is 15.2 Å². The molecule has 0 saturated heterocycles. The minimum atomic E-state index is -0.572. The minimum Gasteiger partial charge on any atom is -0.496 e. The van der Waals surface area contributed by atoms with Gasteiger partial charge in [0, 0.05) is 11.1 Å². The molecule has 1 aromatic rings. The van der Waals surface area contributed by atoms with E-state index in [2.05, 4.69) is 0 Å². The fraction of sp³-hybridized carbons (Fsp3) is 0.455. The summed E-state index contributed by atoms with van der Waals surface area (Å²) in [5, 5.41) is 0.504. The Morgan fingerprint density at radius 1 is 1.13 bits per heavy atom. The molecular formula is C11H16ClNO2. The van der Waals surface area contributed by atoms with Gasteiger partial charge in [-0.1, -0.05) is 11.6 Å². The highest BCUT2D eigenvalue weighted by Gasteiger charge is 2.25. The van der Waals surface area contributed by atoms with Gasteiger partial charge in [0.25, 0.3) is 0 Å². The van der Waals surface area contributed by atoms with Gasteiger partial charge in [-0.3, -0.25) is 0 Å². The molecule has 0 unspecified atom stereocenters. The predicted molar refractivity (Wildman–Crippen MR) is 61.8 cm³/mol. The van der Waals surface area contributed by atoms with Crippen molar-refractivity contribution < 1.29 is 9.47 Å². The molecule has 0 aliphatic heterocycles. The van der Waals surface area contributed by atoms with Crippen molar-refractivity contribution in [3.05, 3.63) is 22.7 Å². The summed E-state index contributed by atoms with van der Waals surface area (Å²) < 4.78 is 10.4. The Morgan fingerprint density at radius 2 is 1.60 bits per heavy atom. The Balaban J connectivity index is 3.43. The van der Waals surface area contributed by atoms with Crippen LogP contribution in [0.15, 0.2) is 12.1 Å². The largest absolute Gasteiger partial charge is 0.496 e. The van der Waals surface area contributed by atoms with Gasteiger partial charge >= 0.3 is 0 Å². The number of benzene rings is 1. The fourth-order valence-electron chi connectivity index (χ4n) is 1.47. The van der Waals surface area contributed by atoms with E-state index in [1.807, 2.05) is 13.8 Å². The number of halogens is 1. The monoisotopic (exact) mass is 229 g/mol. The molecule has 0 heterocycles. The van der Waals surface area contributed by atoms with Crippen LogP contribution in [0.2, 0.25) is 5.02 Å². The van der Waals surface area contributed by atoms with Gasteiger partial charge < -0.3 is 15.2 Å². The standard InChI is InChI=1S/C11H16ClNO2/c1-11(2,13)9-7(14-3)5-6-8(15-4)10(9)12/h5-6H,13H2,1-4H3. The van der Waals surface area contributed by atoms with Crippen LogP contribution in [0.3, 0.4) is 0 Å². The average molecular weight is 230 g/mol. The quantitative estimate of drug-likeness (QED) is 0.867. The molecule has 0 fully saturated rings.